The summed E-state index contributed by atoms with van der Waals surface area (Å²) in [6.45, 7) is 5.05. The third-order valence-corrected chi connectivity index (χ3v) is 6.85. The van der Waals surface area contributed by atoms with Crippen LogP contribution >= 0.6 is 24.0 Å². The van der Waals surface area contributed by atoms with Crippen LogP contribution in [0.5, 0.6) is 5.75 Å². The number of amides is 1. The molecule has 1 aliphatic heterocycles. The summed E-state index contributed by atoms with van der Waals surface area (Å²) in [5, 5.41) is 3.28. The molecule has 34 heavy (non-hydrogen) atoms. The van der Waals surface area contributed by atoms with E-state index in [0.717, 1.165) is 29.7 Å². The van der Waals surface area contributed by atoms with Gasteiger partial charge in [-0.2, -0.15) is 0 Å². The van der Waals surface area contributed by atoms with E-state index < -0.39 is 0 Å². The average Bonchev–Trinajstić information content (AvgIpc) is 3.10. The topological polar surface area (TPSA) is 75.9 Å². The van der Waals surface area contributed by atoms with Crippen LogP contribution in [0.3, 0.4) is 0 Å². The molecule has 7 nitrogen and oxygen atoms in total. The van der Waals surface area contributed by atoms with Crippen molar-refractivity contribution in [3.63, 3.8) is 0 Å². The number of nitrogens with zero attached hydrogens (tertiary/aromatic N) is 3. The Morgan fingerprint density at radius 3 is 2.65 bits per heavy atom. The molecule has 1 saturated heterocycles. The number of hydrogen-bond acceptors (Lipinski definition) is 7. The Morgan fingerprint density at radius 1 is 1.18 bits per heavy atom. The molecule has 1 fully saturated rings. The van der Waals surface area contributed by atoms with Gasteiger partial charge in [-0.1, -0.05) is 55.5 Å². The van der Waals surface area contributed by atoms with Crippen LogP contribution in [0.2, 0.25) is 0 Å². The number of ether oxygens (including phenoxy) is 1. The van der Waals surface area contributed by atoms with Crippen molar-refractivity contribution < 1.29 is 9.53 Å². The minimum Gasteiger partial charge on any atom is -0.497 e. The number of carbonyl (C=O) groups excluding carboxylic acids is 1. The number of carbonyl (C=O) groups is 1. The lowest BCUT2D eigenvalue weighted by Crippen LogP contribution is -2.27. The van der Waals surface area contributed by atoms with Gasteiger partial charge in [0, 0.05) is 12.7 Å². The molecule has 3 aromatic rings. The SMILES string of the molecule is CCCCNc1nc2ccc(C)cn2c(=O)c1C=C1SC(=S)N(Cc2ccc(OC)cc2)C1=O. The van der Waals surface area contributed by atoms with Crippen LogP contribution in [0.25, 0.3) is 11.7 Å². The molecule has 3 heterocycles. The predicted octanol–water partition coefficient (Wildman–Crippen LogP) is 4.62. The second kappa shape index (κ2) is 10.4. The van der Waals surface area contributed by atoms with E-state index in [1.54, 1.807) is 24.3 Å². The van der Waals surface area contributed by atoms with Gasteiger partial charge in [0.15, 0.2) is 0 Å². The molecule has 0 radical (unpaired) electrons. The molecular formula is C25H26N4O3S2. The first-order valence-electron chi connectivity index (χ1n) is 11.1. The number of pyridine rings is 1. The van der Waals surface area contributed by atoms with Gasteiger partial charge in [0.2, 0.25) is 0 Å². The highest BCUT2D eigenvalue weighted by Crippen LogP contribution is 2.34. The first kappa shape index (κ1) is 24.0. The van der Waals surface area contributed by atoms with Crippen LogP contribution in [0, 0.1) is 6.92 Å². The minimum atomic E-state index is -0.229. The molecule has 1 N–H and O–H groups in total. The summed E-state index contributed by atoms with van der Waals surface area (Å²) in [7, 11) is 1.61. The number of thioether (sulfide) groups is 1. The maximum absolute atomic E-state index is 13.4. The van der Waals surface area contributed by atoms with Crippen molar-refractivity contribution in [2.75, 3.05) is 19.0 Å². The number of unbranched alkanes of at least 4 members (excludes halogenated alkanes) is 1. The monoisotopic (exact) mass is 494 g/mol. The van der Waals surface area contributed by atoms with Crippen molar-refractivity contribution in [3.05, 3.63) is 74.5 Å². The zero-order chi connectivity index (χ0) is 24.2. The Morgan fingerprint density at radius 2 is 1.94 bits per heavy atom. The fraction of sp³-hybridized carbons (Fsp3) is 0.280. The Balaban J connectivity index is 1.69. The van der Waals surface area contributed by atoms with Gasteiger partial charge in [-0.3, -0.25) is 18.9 Å². The van der Waals surface area contributed by atoms with Crippen LogP contribution < -0.4 is 15.6 Å². The number of anilines is 1. The summed E-state index contributed by atoms with van der Waals surface area (Å²) in [5.41, 5.74) is 2.55. The summed E-state index contributed by atoms with van der Waals surface area (Å²) in [5.74, 6) is 0.999. The number of fused-ring (bicyclic) bond motifs is 1. The molecule has 0 aliphatic carbocycles. The third kappa shape index (κ3) is 5.00. The number of aryl methyl sites for hydroxylation is 1. The standard InChI is InChI=1S/C25H26N4O3S2/c1-4-5-12-26-22-19(23(30)28-14-16(2)6-11-21(28)27-22)13-20-24(31)29(25(33)34-20)15-17-7-9-18(32-3)10-8-17/h6-11,13-14,26H,4-5,12,15H2,1-3H3. The Kier molecular flexibility index (Phi) is 7.33. The van der Waals surface area contributed by atoms with Crippen LogP contribution in [-0.4, -0.2) is 38.2 Å². The van der Waals surface area contributed by atoms with Crippen molar-refractivity contribution in [1.29, 1.82) is 0 Å². The summed E-state index contributed by atoms with van der Waals surface area (Å²) in [4.78, 5) is 33.2. The second-order valence-electron chi connectivity index (χ2n) is 8.01. The fourth-order valence-corrected chi connectivity index (χ4v) is 4.82. The number of hydrogen-bond donors (Lipinski definition) is 1. The van der Waals surface area contributed by atoms with Gasteiger partial charge in [0.05, 0.1) is 24.1 Å². The largest absolute Gasteiger partial charge is 0.497 e. The minimum absolute atomic E-state index is 0.223. The van der Waals surface area contributed by atoms with Gasteiger partial charge < -0.3 is 10.1 Å². The van der Waals surface area contributed by atoms with Gasteiger partial charge in [-0.25, -0.2) is 4.98 Å². The highest BCUT2D eigenvalue weighted by Gasteiger charge is 2.32. The van der Waals surface area contributed by atoms with Crippen molar-refractivity contribution in [2.24, 2.45) is 0 Å². The van der Waals surface area contributed by atoms with Gasteiger partial charge in [-0.05, 0) is 48.7 Å². The van der Waals surface area contributed by atoms with E-state index in [2.05, 4.69) is 17.2 Å². The van der Waals surface area contributed by atoms with Gasteiger partial charge >= 0.3 is 0 Å². The van der Waals surface area contributed by atoms with E-state index in [4.69, 9.17) is 17.0 Å². The molecule has 176 valence electrons. The van der Waals surface area contributed by atoms with E-state index >= 15 is 0 Å². The Bertz CT molecular complexity index is 1330. The highest BCUT2D eigenvalue weighted by molar-refractivity contribution is 8.26. The second-order valence-corrected chi connectivity index (χ2v) is 9.69. The number of nitrogens with one attached hydrogen (secondary N) is 1. The molecule has 0 unspecified atom stereocenters. The van der Waals surface area contributed by atoms with E-state index in [0.29, 0.717) is 39.3 Å². The summed E-state index contributed by atoms with van der Waals surface area (Å²) < 4.78 is 7.17. The van der Waals surface area contributed by atoms with E-state index in [1.807, 2.05) is 43.3 Å². The van der Waals surface area contributed by atoms with Crippen LogP contribution in [0.1, 0.15) is 36.5 Å². The van der Waals surface area contributed by atoms with E-state index in [1.165, 1.54) is 16.2 Å². The molecule has 0 saturated carbocycles. The zero-order valence-corrected chi connectivity index (χ0v) is 21.0. The molecule has 0 bridgehead atoms. The molecule has 1 aromatic carbocycles. The van der Waals surface area contributed by atoms with E-state index in [9.17, 15) is 9.59 Å². The number of benzene rings is 1. The zero-order valence-electron chi connectivity index (χ0n) is 19.3. The third-order valence-electron chi connectivity index (χ3n) is 5.48. The lowest BCUT2D eigenvalue weighted by Gasteiger charge is -2.14. The molecule has 2 aromatic heterocycles. The fourth-order valence-electron chi connectivity index (χ4n) is 3.59. The molecule has 9 heteroatoms. The summed E-state index contributed by atoms with van der Waals surface area (Å²) in [6.07, 6.45) is 5.33. The molecular weight excluding hydrogens is 468 g/mol. The lowest BCUT2D eigenvalue weighted by atomic mass is 10.2. The summed E-state index contributed by atoms with van der Waals surface area (Å²) in [6, 6.07) is 11.2. The number of thiocarbonyl (C=S) groups is 1. The first-order chi connectivity index (χ1) is 16.4. The summed E-state index contributed by atoms with van der Waals surface area (Å²) >= 11 is 6.69. The maximum Gasteiger partial charge on any atom is 0.267 e. The Labute approximate surface area is 207 Å². The molecule has 4 rings (SSSR count). The molecule has 1 amide bonds. The van der Waals surface area contributed by atoms with Crippen molar-refractivity contribution >= 4 is 51.7 Å². The van der Waals surface area contributed by atoms with Crippen molar-refractivity contribution in [1.82, 2.24) is 14.3 Å². The van der Waals surface area contributed by atoms with Crippen LogP contribution in [0.4, 0.5) is 5.82 Å². The van der Waals surface area contributed by atoms with E-state index in [-0.39, 0.29) is 11.5 Å². The first-order valence-corrected chi connectivity index (χ1v) is 12.3. The molecule has 1 aliphatic rings. The number of methoxy groups -OCH3 is 1. The van der Waals surface area contributed by atoms with Crippen LogP contribution in [-0.2, 0) is 11.3 Å². The maximum atomic E-state index is 13.4. The quantitative estimate of drug-likeness (QED) is 0.278. The Hall–Kier alpha value is -3.17. The van der Waals surface area contributed by atoms with Gasteiger partial charge in [-0.15, -0.1) is 0 Å². The smallest absolute Gasteiger partial charge is 0.267 e. The lowest BCUT2D eigenvalue weighted by molar-refractivity contribution is -0.122. The van der Waals surface area contributed by atoms with Gasteiger partial charge in [0.25, 0.3) is 11.5 Å². The normalized spacial score (nSPS) is 14.9. The van der Waals surface area contributed by atoms with Crippen LogP contribution in [0.15, 0.2) is 52.3 Å². The highest BCUT2D eigenvalue weighted by atomic mass is 32.2. The van der Waals surface area contributed by atoms with Gasteiger partial charge in [0.1, 0.15) is 21.5 Å². The number of rotatable bonds is 8. The molecule has 0 spiro atoms. The van der Waals surface area contributed by atoms with Crippen molar-refractivity contribution in [2.45, 2.75) is 33.2 Å². The van der Waals surface area contributed by atoms with Crippen molar-refractivity contribution in [3.8, 4) is 5.75 Å². The number of aromatic nitrogens is 2. The molecule has 0 atom stereocenters. The predicted molar refractivity (Wildman–Crippen MR) is 141 cm³/mol. The average molecular weight is 495 g/mol.